The van der Waals surface area contributed by atoms with Crippen molar-refractivity contribution in [3.05, 3.63) is 0 Å². The van der Waals surface area contributed by atoms with Gasteiger partial charge in [0.2, 0.25) is 0 Å². The largest absolute Gasteiger partial charge is 0.371 e. The molecule has 1 saturated heterocycles. The minimum atomic E-state index is -0.117. The minimum absolute atomic E-state index is 0.117. The molecule has 9 heavy (non-hydrogen) atoms. The highest BCUT2D eigenvalue weighted by Gasteiger charge is 2.17. The number of hydrogen-bond donors (Lipinski definition) is 0. The van der Waals surface area contributed by atoms with E-state index in [1.807, 2.05) is 0 Å². The Bertz CT molecular complexity index is 101. The SMILES string of the molecule is C[C@@H]1CCOC(C=O)C1. The van der Waals surface area contributed by atoms with Crippen molar-refractivity contribution in [3.63, 3.8) is 0 Å². The Labute approximate surface area is 55.2 Å². The fourth-order valence-electron chi connectivity index (χ4n) is 1.10. The van der Waals surface area contributed by atoms with Crippen LogP contribution in [0.4, 0.5) is 0 Å². The van der Waals surface area contributed by atoms with E-state index in [1.165, 1.54) is 0 Å². The van der Waals surface area contributed by atoms with Crippen LogP contribution in [-0.2, 0) is 9.53 Å². The Morgan fingerprint density at radius 1 is 1.67 bits per heavy atom. The summed E-state index contributed by atoms with van der Waals surface area (Å²) in [5.41, 5.74) is 0. The van der Waals surface area contributed by atoms with Crippen molar-refractivity contribution in [2.24, 2.45) is 5.92 Å². The maximum Gasteiger partial charge on any atom is 0.148 e. The summed E-state index contributed by atoms with van der Waals surface area (Å²) in [5.74, 6) is 0.661. The van der Waals surface area contributed by atoms with E-state index in [0.717, 1.165) is 25.7 Å². The van der Waals surface area contributed by atoms with Gasteiger partial charge in [-0.2, -0.15) is 0 Å². The van der Waals surface area contributed by atoms with Gasteiger partial charge in [0, 0.05) is 6.61 Å². The fraction of sp³-hybridized carbons (Fsp3) is 0.857. The molecule has 0 amide bonds. The Morgan fingerprint density at radius 2 is 2.44 bits per heavy atom. The molecular weight excluding hydrogens is 116 g/mol. The minimum Gasteiger partial charge on any atom is -0.371 e. The Kier molecular flexibility index (Phi) is 2.22. The number of ether oxygens (including phenoxy) is 1. The van der Waals surface area contributed by atoms with Gasteiger partial charge >= 0.3 is 0 Å². The third-order valence-corrected chi connectivity index (χ3v) is 1.73. The molecule has 2 atom stereocenters. The summed E-state index contributed by atoms with van der Waals surface area (Å²) in [7, 11) is 0. The fourth-order valence-corrected chi connectivity index (χ4v) is 1.10. The molecule has 0 bridgehead atoms. The molecule has 0 N–H and O–H groups in total. The van der Waals surface area contributed by atoms with Crippen LogP contribution < -0.4 is 0 Å². The average molecular weight is 128 g/mol. The van der Waals surface area contributed by atoms with Crippen molar-refractivity contribution >= 4 is 6.29 Å². The molecule has 1 aliphatic rings. The van der Waals surface area contributed by atoms with Gasteiger partial charge in [-0.25, -0.2) is 0 Å². The van der Waals surface area contributed by atoms with Crippen LogP contribution in [0, 0.1) is 5.92 Å². The molecule has 1 heterocycles. The van der Waals surface area contributed by atoms with Crippen molar-refractivity contribution in [3.8, 4) is 0 Å². The van der Waals surface area contributed by atoms with Gasteiger partial charge in [0.15, 0.2) is 0 Å². The van der Waals surface area contributed by atoms with Crippen LogP contribution in [0.3, 0.4) is 0 Å². The van der Waals surface area contributed by atoms with Crippen molar-refractivity contribution in [1.29, 1.82) is 0 Å². The highest BCUT2D eigenvalue weighted by atomic mass is 16.5. The molecule has 1 aliphatic heterocycles. The lowest BCUT2D eigenvalue weighted by Crippen LogP contribution is -2.25. The molecule has 0 saturated carbocycles. The molecule has 0 aromatic heterocycles. The van der Waals surface area contributed by atoms with Crippen LogP contribution in [0.5, 0.6) is 0 Å². The number of rotatable bonds is 1. The Morgan fingerprint density at radius 3 is 2.89 bits per heavy atom. The first kappa shape index (κ1) is 6.75. The maximum absolute atomic E-state index is 10.2. The number of carbonyl (C=O) groups excluding carboxylic acids is 1. The van der Waals surface area contributed by atoms with E-state index in [2.05, 4.69) is 6.92 Å². The molecule has 2 heteroatoms. The highest BCUT2D eigenvalue weighted by molar-refractivity contribution is 5.56. The molecule has 0 aliphatic carbocycles. The van der Waals surface area contributed by atoms with Crippen LogP contribution in [0.1, 0.15) is 19.8 Å². The summed E-state index contributed by atoms with van der Waals surface area (Å²) in [6.07, 6.45) is 2.79. The van der Waals surface area contributed by atoms with Crippen molar-refractivity contribution in [1.82, 2.24) is 0 Å². The first-order chi connectivity index (χ1) is 4.33. The van der Waals surface area contributed by atoms with Crippen molar-refractivity contribution in [2.45, 2.75) is 25.9 Å². The first-order valence-electron chi connectivity index (χ1n) is 3.40. The quantitative estimate of drug-likeness (QED) is 0.492. The van der Waals surface area contributed by atoms with Gasteiger partial charge in [0.05, 0.1) is 0 Å². The zero-order valence-corrected chi connectivity index (χ0v) is 5.67. The smallest absolute Gasteiger partial charge is 0.148 e. The normalized spacial score (nSPS) is 36.1. The van der Waals surface area contributed by atoms with Crippen LogP contribution in [-0.4, -0.2) is 19.0 Å². The molecular formula is C7H12O2. The van der Waals surface area contributed by atoms with Crippen LogP contribution in [0.15, 0.2) is 0 Å². The van der Waals surface area contributed by atoms with Crippen LogP contribution in [0.2, 0.25) is 0 Å². The van der Waals surface area contributed by atoms with E-state index < -0.39 is 0 Å². The predicted octanol–water partition coefficient (Wildman–Crippen LogP) is 1.00. The summed E-state index contributed by atoms with van der Waals surface area (Å²) in [6, 6.07) is 0. The molecule has 0 spiro atoms. The lowest BCUT2D eigenvalue weighted by atomic mass is 9.99. The van der Waals surface area contributed by atoms with Gasteiger partial charge < -0.3 is 9.53 Å². The molecule has 52 valence electrons. The maximum atomic E-state index is 10.2. The topological polar surface area (TPSA) is 26.3 Å². The molecule has 1 unspecified atom stereocenters. The Hall–Kier alpha value is -0.370. The van der Waals surface area contributed by atoms with E-state index >= 15 is 0 Å². The van der Waals surface area contributed by atoms with Gasteiger partial charge in [0.25, 0.3) is 0 Å². The summed E-state index contributed by atoms with van der Waals surface area (Å²) in [5, 5.41) is 0. The number of aldehydes is 1. The summed E-state index contributed by atoms with van der Waals surface area (Å²) in [4.78, 5) is 10.2. The molecule has 1 rings (SSSR count). The van der Waals surface area contributed by atoms with Gasteiger partial charge in [-0.1, -0.05) is 6.92 Å². The monoisotopic (exact) mass is 128 g/mol. The third-order valence-electron chi connectivity index (χ3n) is 1.73. The third kappa shape index (κ3) is 1.79. The lowest BCUT2D eigenvalue weighted by Gasteiger charge is -2.22. The van der Waals surface area contributed by atoms with E-state index in [0.29, 0.717) is 5.92 Å². The van der Waals surface area contributed by atoms with Gasteiger partial charge in [0.1, 0.15) is 12.4 Å². The van der Waals surface area contributed by atoms with E-state index in [1.54, 1.807) is 0 Å². The Balaban J connectivity index is 2.31. The summed E-state index contributed by atoms with van der Waals surface area (Å²) < 4.78 is 5.13. The van der Waals surface area contributed by atoms with E-state index in [4.69, 9.17) is 4.74 Å². The molecule has 2 nitrogen and oxygen atoms in total. The standard InChI is InChI=1S/C7H12O2/c1-6-2-3-9-7(4-6)5-8/h5-7H,2-4H2,1H3/t6-,7?/m1/s1. The van der Waals surface area contributed by atoms with Gasteiger partial charge in [-0.3, -0.25) is 0 Å². The van der Waals surface area contributed by atoms with Crippen molar-refractivity contribution in [2.75, 3.05) is 6.61 Å². The van der Waals surface area contributed by atoms with Gasteiger partial charge in [-0.15, -0.1) is 0 Å². The first-order valence-corrected chi connectivity index (χ1v) is 3.40. The lowest BCUT2D eigenvalue weighted by molar-refractivity contribution is -0.122. The van der Waals surface area contributed by atoms with Gasteiger partial charge in [-0.05, 0) is 18.8 Å². The van der Waals surface area contributed by atoms with E-state index in [-0.39, 0.29) is 6.10 Å². The van der Waals surface area contributed by atoms with Crippen molar-refractivity contribution < 1.29 is 9.53 Å². The van der Waals surface area contributed by atoms with Crippen LogP contribution in [0.25, 0.3) is 0 Å². The average Bonchev–Trinajstić information content (AvgIpc) is 1.88. The second kappa shape index (κ2) is 2.97. The molecule has 1 fully saturated rings. The zero-order valence-electron chi connectivity index (χ0n) is 5.67. The second-order valence-electron chi connectivity index (χ2n) is 2.67. The zero-order chi connectivity index (χ0) is 6.69. The predicted molar refractivity (Wildman–Crippen MR) is 34.2 cm³/mol. The summed E-state index contributed by atoms with van der Waals surface area (Å²) in [6.45, 7) is 2.91. The number of carbonyl (C=O) groups is 1. The van der Waals surface area contributed by atoms with Crippen LogP contribution >= 0.6 is 0 Å². The summed E-state index contributed by atoms with van der Waals surface area (Å²) >= 11 is 0. The molecule has 0 aromatic rings. The highest BCUT2D eigenvalue weighted by Crippen LogP contribution is 2.17. The molecule has 0 radical (unpaired) electrons. The molecule has 0 aromatic carbocycles. The number of hydrogen-bond acceptors (Lipinski definition) is 2. The van der Waals surface area contributed by atoms with E-state index in [9.17, 15) is 4.79 Å². The second-order valence-corrected chi connectivity index (χ2v) is 2.67.